The van der Waals surface area contributed by atoms with Gasteiger partial charge in [0.1, 0.15) is 5.60 Å². The third kappa shape index (κ3) is 3.64. The Morgan fingerprint density at radius 1 is 1.20 bits per heavy atom. The molecule has 0 radical (unpaired) electrons. The summed E-state index contributed by atoms with van der Waals surface area (Å²) in [5.74, 6) is 0. The van der Waals surface area contributed by atoms with Gasteiger partial charge >= 0.3 is 6.09 Å². The Balaban J connectivity index is 2.25. The van der Waals surface area contributed by atoms with Crippen molar-refractivity contribution >= 4 is 39.2 Å². The van der Waals surface area contributed by atoms with Gasteiger partial charge < -0.3 is 4.74 Å². The Morgan fingerprint density at radius 3 is 2.64 bits per heavy atom. The van der Waals surface area contributed by atoms with Crippen LogP contribution >= 0.6 is 15.9 Å². The Labute approximate surface area is 153 Å². The summed E-state index contributed by atoms with van der Waals surface area (Å²) < 4.78 is 7.93. The highest BCUT2D eigenvalue weighted by atomic mass is 79.9. The first-order valence-corrected chi connectivity index (χ1v) is 8.53. The second kappa shape index (κ2) is 6.44. The molecule has 6 heteroatoms. The summed E-state index contributed by atoms with van der Waals surface area (Å²) in [7, 11) is 0. The molecule has 0 N–H and O–H groups in total. The topological polar surface area (TPSA) is 61.2 Å². The van der Waals surface area contributed by atoms with Crippen molar-refractivity contribution in [3.63, 3.8) is 0 Å². The molecule has 0 bridgehead atoms. The average molecular weight is 401 g/mol. The van der Waals surface area contributed by atoms with Gasteiger partial charge in [-0.15, -0.1) is 0 Å². The standard InChI is InChI=1S/C19H17BrN2O3/c1-19(2,3)25-18(24)22-16(14-6-12(11-23)9-21-10-14)7-13-4-5-15(20)8-17(13)22/h4-11H,1-3H3. The minimum Gasteiger partial charge on any atom is -0.443 e. The second-order valence-corrected chi connectivity index (χ2v) is 7.59. The van der Waals surface area contributed by atoms with Crippen LogP contribution in [-0.2, 0) is 4.74 Å². The zero-order valence-electron chi connectivity index (χ0n) is 14.1. The summed E-state index contributed by atoms with van der Waals surface area (Å²) in [6.45, 7) is 5.46. The van der Waals surface area contributed by atoms with Gasteiger partial charge in [0.2, 0.25) is 0 Å². The molecule has 5 nitrogen and oxygen atoms in total. The maximum atomic E-state index is 12.8. The lowest BCUT2D eigenvalue weighted by molar-refractivity contribution is 0.0547. The van der Waals surface area contributed by atoms with Crippen molar-refractivity contribution in [1.29, 1.82) is 0 Å². The van der Waals surface area contributed by atoms with Crippen LogP contribution in [0, 0.1) is 0 Å². The van der Waals surface area contributed by atoms with Crippen LogP contribution < -0.4 is 0 Å². The molecular weight excluding hydrogens is 384 g/mol. The maximum Gasteiger partial charge on any atom is 0.419 e. The summed E-state index contributed by atoms with van der Waals surface area (Å²) >= 11 is 3.44. The Bertz CT molecular complexity index is 970. The van der Waals surface area contributed by atoms with Gasteiger partial charge in [-0.1, -0.05) is 22.0 Å². The molecule has 0 amide bonds. The van der Waals surface area contributed by atoms with Gasteiger partial charge in [-0.3, -0.25) is 9.78 Å². The van der Waals surface area contributed by atoms with Crippen LogP contribution in [0.4, 0.5) is 4.79 Å². The number of hydrogen-bond donors (Lipinski definition) is 0. The maximum absolute atomic E-state index is 12.8. The van der Waals surface area contributed by atoms with Gasteiger partial charge in [-0.05, 0) is 45.0 Å². The minimum absolute atomic E-state index is 0.444. The van der Waals surface area contributed by atoms with E-state index in [4.69, 9.17) is 4.74 Å². The average Bonchev–Trinajstić information content (AvgIpc) is 2.92. The van der Waals surface area contributed by atoms with E-state index in [1.54, 1.807) is 12.3 Å². The normalized spacial score (nSPS) is 11.5. The van der Waals surface area contributed by atoms with Crippen molar-refractivity contribution in [1.82, 2.24) is 9.55 Å². The van der Waals surface area contributed by atoms with Crippen LogP contribution in [0.3, 0.4) is 0 Å². The van der Waals surface area contributed by atoms with Crippen molar-refractivity contribution in [2.75, 3.05) is 0 Å². The number of fused-ring (bicyclic) bond motifs is 1. The highest BCUT2D eigenvalue weighted by Gasteiger charge is 2.23. The van der Waals surface area contributed by atoms with E-state index in [1.165, 1.54) is 10.8 Å². The van der Waals surface area contributed by atoms with Crippen LogP contribution in [-0.4, -0.2) is 27.5 Å². The van der Waals surface area contributed by atoms with Gasteiger partial charge in [0.25, 0.3) is 0 Å². The number of aromatic nitrogens is 2. The van der Waals surface area contributed by atoms with Crippen molar-refractivity contribution < 1.29 is 14.3 Å². The van der Waals surface area contributed by atoms with Gasteiger partial charge in [0, 0.05) is 33.4 Å². The monoisotopic (exact) mass is 400 g/mol. The van der Waals surface area contributed by atoms with Gasteiger partial charge in [0.05, 0.1) is 11.2 Å². The molecule has 25 heavy (non-hydrogen) atoms. The zero-order chi connectivity index (χ0) is 18.2. The van der Waals surface area contributed by atoms with Crippen molar-refractivity contribution in [2.24, 2.45) is 0 Å². The first-order valence-electron chi connectivity index (χ1n) is 7.73. The number of carbonyl (C=O) groups is 2. The predicted molar refractivity (Wildman–Crippen MR) is 99.9 cm³/mol. The molecule has 0 saturated carbocycles. The summed E-state index contributed by atoms with van der Waals surface area (Å²) in [6.07, 6.45) is 3.35. The molecule has 2 heterocycles. The predicted octanol–water partition coefficient (Wildman–Crippen LogP) is 5.06. The van der Waals surface area contributed by atoms with E-state index in [0.717, 1.165) is 21.7 Å². The molecular formula is C19H17BrN2O3. The van der Waals surface area contributed by atoms with Crippen LogP contribution in [0.2, 0.25) is 0 Å². The van der Waals surface area contributed by atoms with Gasteiger partial charge in [-0.25, -0.2) is 9.36 Å². The molecule has 3 rings (SSSR count). The number of hydrogen-bond acceptors (Lipinski definition) is 4. The fraction of sp³-hybridized carbons (Fsp3) is 0.211. The lowest BCUT2D eigenvalue weighted by Crippen LogP contribution is -2.27. The number of carbonyl (C=O) groups excluding carboxylic acids is 2. The second-order valence-electron chi connectivity index (χ2n) is 6.67. The Kier molecular flexibility index (Phi) is 4.47. The molecule has 0 spiro atoms. The largest absolute Gasteiger partial charge is 0.443 e. The highest BCUT2D eigenvalue weighted by molar-refractivity contribution is 9.10. The smallest absolute Gasteiger partial charge is 0.419 e. The number of rotatable bonds is 2. The van der Waals surface area contributed by atoms with Gasteiger partial charge in [0.15, 0.2) is 6.29 Å². The molecule has 0 fully saturated rings. The van der Waals surface area contributed by atoms with E-state index < -0.39 is 11.7 Å². The number of ether oxygens (including phenoxy) is 1. The molecule has 128 valence electrons. The van der Waals surface area contributed by atoms with Crippen molar-refractivity contribution in [3.8, 4) is 11.3 Å². The van der Waals surface area contributed by atoms with E-state index in [0.29, 0.717) is 16.8 Å². The first-order chi connectivity index (χ1) is 11.8. The van der Waals surface area contributed by atoms with E-state index in [2.05, 4.69) is 20.9 Å². The van der Waals surface area contributed by atoms with Crippen molar-refractivity contribution in [3.05, 3.63) is 52.8 Å². The van der Waals surface area contributed by atoms with E-state index in [-0.39, 0.29) is 0 Å². The van der Waals surface area contributed by atoms with E-state index >= 15 is 0 Å². The van der Waals surface area contributed by atoms with Crippen LogP contribution in [0.5, 0.6) is 0 Å². The fourth-order valence-corrected chi connectivity index (χ4v) is 2.90. The SMILES string of the molecule is CC(C)(C)OC(=O)n1c(-c2cncc(C=O)c2)cc2ccc(Br)cc21. The Hall–Kier alpha value is -2.47. The fourth-order valence-electron chi connectivity index (χ4n) is 2.55. The third-order valence-corrected chi connectivity index (χ3v) is 4.03. The molecule has 1 aromatic carbocycles. The lowest BCUT2D eigenvalue weighted by Gasteiger charge is -2.21. The number of nitrogens with zero attached hydrogens (tertiary/aromatic N) is 2. The quantitative estimate of drug-likeness (QED) is 0.563. The molecule has 0 aliphatic carbocycles. The molecule has 2 aromatic heterocycles. The van der Waals surface area contributed by atoms with Crippen LogP contribution in [0.25, 0.3) is 22.2 Å². The number of pyridine rings is 1. The van der Waals surface area contributed by atoms with Crippen LogP contribution in [0.1, 0.15) is 31.1 Å². The molecule has 0 aliphatic rings. The first kappa shape index (κ1) is 17.4. The number of halogens is 1. The summed E-state index contributed by atoms with van der Waals surface area (Å²) in [6, 6.07) is 9.27. The molecule has 0 unspecified atom stereocenters. The molecule has 0 saturated heterocycles. The van der Waals surface area contributed by atoms with Crippen LogP contribution in [0.15, 0.2) is 47.2 Å². The van der Waals surface area contributed by atoms with E-state index in [9.17, 15) is 9.59 Å². The number of aldehydes is 1. The molecule has 0 aliphatic heterocycles. The molecule has 0 atom stereocenters. The number of benzene rings is 1. The highest BCUT2D eigenvalue weighted by Crippen LogP contribution is 2.31. The van der Waals surface area contributed by atoms with Crippen molar-refractivity contribution in [2.45, 2.75) is 26.4 Å². The third-order valence-electron chi connectivity index (χ3n) is 3.53. The minimum atomic E-state index is -0.625. The molecule has 3 aromatic rings. The summed E-state index contributed by atoms with van der Waals surface area (Å²) in [5, 5.41) is 0.889. The lowest BCUT2D eigenvalue weighted by atomic mass is 10.1. The summed E-state index contributed by atoms with van der Waals surface area (Å²) in [4.78, 5) is 28.0. The zero-order valence-corrected chi connectivity index (χ0v) is 15.7. The van der Waals surface area contributed by atoms with Gasteiger partial charge in [-0.2, -0.15) is 0 Å². The summed E-state index contributed by atoms with van der Waals surface area (Å²) in [5.41, 5.74) is 1.83. The van der Waals surface area contributed by atoms with E-state index in [1.807, 2.05) is 45.0 Å². The Morgan fingerprint density at radius 2 is 1.96 bits per heavy atom.